The van der Waals surface area contributed by atoms with Crippen LogP contribution in [0, 0.1) is 0 Å². The van der Waals surface area contributed by atoms with E-state index in [1.807, 2.05) is 12.1 Å². The molecule has 0 spiro atoms. The van der Waals surface area contributed by atoms with Gasteiger partial charge in [0.1, 0.15) is 0 Å². The molecule has 0 aliphatic carbocycles. The molecule has 0 saturated carbocycles. The van der Waals surface area contributed by atoms with E-state index in [1.54, 1.807) is 19.5 Å². The first-order chi connectivity index (χ1) is 5.40. The summed E-state index contributed by atoms with van der Waals surface area (Å²) in [5, 5.41) is 1.12. The highest BCUT2D eigenvalue weighted by molar-refractivity contribution is 5.80. The number of hydrogen-bond acceptors (Lipinski definition) is 2. The summed E-state index contributed by atoms with van der Waals surface area (Å²) in [6, 6.07) is 3.88. The van der Waals surface area contributed by atoms with E-state index < -0.39 is 0 Å². The molecule has 0 unspecified atom stereocenters. The highest BCUT2D eigenvalue weighted by Crippen LogP contribution is 2.17. The zero-order valence-corrected chi connectivity index (χ0v) is 6.16. The van der Waals surface area contributed by atoms with Gasteiger partial charge in [-0.3, -0.25) is 4.98 Å². The predicted octanol–water partition coefficient (Wildman–Crippen LogP) is 1.57. The van der Waals surface area contributed by atoms with Crippen LogP contribution in [0.3, 0.4) is 0 Å². The van der Waals surface area contributed by atoms with Crippen molar-refractivity contribution in [3.63, 3.8) is 0 Å². The molecule has 56 valence electrons. The number of aromatic amines is 1. The largest absolute Gasteiger partial charge is 0.482 e. The van der Waals surface area contributed by atoms with E-state index in [9.17, 15) is 0 Å². The van der Waals surface area contributed by atoms with Crippen LogP contribution in [-0.2, 0) is 0 Å². The fraction of sp³-hybridized carbons (Fsp3) is 0.125. The molecule has 0 fully saturated rings. The van der Waals surface area contributed by atoms with Gasteiger partial charge in [-0.25, -0.2) is 0 Å². The number of methoxy groups -OCH3 is 1. The Morgan fingerprint density at radius 2 is 2.45 bits per heavy atom. The molecule has 11 heavy (non-hydrogen) atoms. The fourth-order valence-electron chi connectivity index (χ4n) is 1.06. The number of hydrogen-bond donors (Lipinski definition) is 1. The van der Waals surface area contributed by atoms with Crippen molar-refractivity contribution in [2.45, 2.75) is 0 Å². The normalized spacial score (nSPS) is 10.3. The first kappa shape index (κ1) is 6.22. The van der Waals surface area contributed by atoms with Crippen molar-refractivity contribution in [1.82, 2.24) is 9.97 Å². The highest BCUT2D eigenvalue weighted by Gasteiger charge is 1.97. The molecule has 0 atom stereocenters. The number of aromatic nitrogens is 2. The molecular weight excluding hydrogens is 140 g/mol. The van der Waals surface area contributed by atoms with Crippen LogP contribution in [0.15, 0.2) is 24.5 Å². The Morgan fingerprint density at radius 3 is 3.18 bits per heavy atom. The molecule has 0 aromatic carbocycles. The number of H-pyrrole nitrogens is 1. The maximum atomic E-state index is 5.02. The van der Waals surface area contributed by atoms with Crippen LogP contribution in [-0.4, -0.2) is 17.1 Å². The standard InChI is InChI=1S/C8H8N2O/c1-11-8-4-6-2-3-9-5-7(6)10-8/h2-5,10H,1H3. The first-order valence-corrected chi connectivity index (χ1v) is 3.37. The van der Waals surface area contributed by atoms with Crippen molar-refractivity contribution >= 4 is 10.9 Å². The van der Waals surface area contributed by atoms with E-state index in [1.165, 1.54) is 0 Å². The number of fused-ring (bicyclic) bond motifs is 1. The van der Waals surface area contributed by atoms with Gasteiger partial charge in [-0.05, 0) is 6.07 Å². The lowest BCUT2D eigenvalue weighted by Crippen LogP contribution is -1.79. The summed E-state index contributed by atoms with van der Waals surface area (Å²) >= 11 is 0. The second kappa shape index (κ2) is 2.27. The van der Waals surface area contributed by atoms with Gasteiger partial charge in [0.2, 0.25) is 0 Å². The lowest BCUT2D eigenvalue weighted by Gasteiger charge is -1.88. The van der Waals surface area contributed by atoms with Gasteiger partial charge in [0.05, 0.1) is 18.8 Å². The lowest BCUT2D eigenvalue weighted by molar-refractivity contribution is 0.401. The number of nitrogens with zero attached hydrogens (tertiary/aromatic N) is 1. The van der Waals surface area contributed by atoms with Crippen molar-refractivity contribution in [3.05, 3.63) is 24.5 Å². The zero-order valence-electron chi connectivity index (χ0n) is 6.16. The Balaban J connectivity index is 2.69. The van der Waals surface area contributed by atoms with E-state index in [-0.39, 0.29) is 0 Å². The molecule has 3 nitrogen and oxygen atoms in total. The minimum absolute atomic E-state index is 0.771. The Kier molecular flexibility index (Phi) is 1.28. The Hall–Kier alpha value is -1.51. The third-order valence-corrected chi connectivity index (χ3v) is 1.62. The summed E-state index contributed by atoms with van der Waals surface area (Å²) in [7, 11) is 1.64. The molecule has 0 amide bonds. The first-order valence-electron chi connectivity index (χ1n) is 3.37. The molecule has 2 heterocycles. The van der Waals surface area contributed by atoms with Gasteiger partial charge in [-0.1, -0.05) is 0 Å². The molecule has 0 radical (unpaired) electrons. The summed E-state index contributed by atoms with van der Waals surface area (Å²) in [4.78, 5) is 7.03. The van der Waals surface area contributed by atoms with Gasteiger partial charge in [0.25, 0.3) is 0 Å². The van der Waals surface area contributed by atoms with Crippen LogP contribution in [0.5, 0.6) is 5.88 Å². The van der Waals surface area contributed by atoms with Gasteiger partial charge < -0.3 is 9.72 Å². The summed E-state index contributed by atoms with van der Waals surface area (Å²) < 4.78 is 5.02. The van der Waals surface area contributed by atoms with Gasteiger partial charge >= 0.3 is 0 Å². The van der Waals surface area contributed by atoms with E-state index in [4.69, 9.17) is 4.74 Å². The summed E-state index contributed by atoms with van der Waals surface area (Å²) in [5.41, 5.74) is 1.00. The van der Waals surface area contributed by atoms with Crippen LogP contribution in [0.2, 0.25) is 0 Å². The molecule has 0 saturated heterocycles. The maximum Gasteiger partial charge on any atom is 0.191 e. The average Bonchev–Trinajstić information content (AvgIpc) is 2.46. The molecule has 0 aliphatic rings. The fourth-order valence-corrected chi connectivity index (χ4v) is 1.06. The minimum Gasteiger partial charge on any atom is -0.482 e. The lowest BCUT2D eigenvalue weighted by atomic mass is 10.3. The number of ether oxygens (including phenoxy) is 1. The number of nitrogens with one attached hydrogen (secondary N) is 1. The van der Waals surface area contributed by atoms with Gasteiger partial charge in [-0.15, -0.1) is 0 Å². The SMILES string of the molecule is COc1cc2ccncc2[nH]1. The van der Waals surface area contributed by atoms with Crippen LogP contribution < -0.4 is 4.74 Å². The van der Waals surface area contributed by atoms with Crippen molar-refractivity contribution in [3.8, 4) is 5.88 Å². The van der Waals surface area contributed by atoms with Crippen LogP contribution >= 0.6 is 0 Å². The van der Waals surface area contributed by atoms with E-state index >= 15 is 0 Å². The Labute approximate surface area is 64.0 Å². The molecule has 2 rings (SSSR count). The second-order valence-electron chi connectivity index (χ2n) is 2.30. The molecule has 0 aliphatic heterocycles. The van der Waals surface area contributed by atoms with Crippen molar-refractivity contribution in [2.24, 2.45) is 0 Å². The molecule has 3 heteroatoms. The zero-order chi connectivity index (χ0) is 7.68. The molecule has 1 N–H and O–H groups in total. The van der Waals surface area contributed by atoms with Gasteiger partial charge in [0.15, 0.2) is 5.88 Å². The molecule has 2 aromatic heterocycles. The van der Waals surface area contributed by atoms with Crippen LogP contribution in [0.4, 0.5) is 0 Å². The summed E-state index contributed by atoms with van der Waals surface area (Å²) in [5.74, 6) is 0.771. The minimum atomic E-state index is 0.771. The average molecular weight is 148 g/mol. The highest BCUT2D eigenvalue weighted by atomic mass is 16.5. The van der Waals surface area contributed by atoms with E-state index in [2.05, 4.69) is 9.97 Å². The summed E-state index contributed by atoms with van der Waals surface area (Å²) in [6.45, 7) is 0. The topological polar surface area (TPSA) is 37.9 Å². The third kappa shape index (κ3) is 0.941. The third-order valence-electron chi connectivity index (χ3n) is 1.62. The summed E-state index contributed by atoms with van der Waals surface area (Å²) in [6.07, 6.45) is 3.54. The van der Waals surface area contributed by atoms with Gasteiger partial charge in [-0.2, -0.15) is 0 Å². The second-order valence-corrected chi connectivity index (χ2v) is 2.30. The van der Waals surface area contributed by atoms with Crippen molar-refractivity contribution < 1.29 is 4.74 Å². The monoisotopic (exact) mass is 148 g/mol. The number of pyridine rings is 1. The Morgan fingerprint density at radius 1 is 1.55 bits per heavy atom. The molecule has 0 bridgehead atoms. The van der Waals surface area contributed by atoms with Gasteiger partial charge in [0, 0.05) is 17.6 Å². The smallest absolute Gasteiger partial charge is 0.191 e. The quantitative estimate of drug-likeness (QED) is 0.666. The predicted molar refractivity (Wildman–Crippen MR) is 42.6 cm³/mol. The number of rotatable bonds is 1. The van der Waals surface area contributed by atoms with Crippen LogP contribution in [0.1, 0.15) is 0 Å². The molecular formula is C8H8N2O. The van der Waals surface area contributed by atoms with Crippen LogP contribution in [0.25, 0.3) is 10.9 Å². The van der Waals surface area contributed by atoms with E-state index in [0.29, 0.717) is 0 Å². The Bertz CT molecular complexity index is 334. The van der Waals surface area contributed by atoms with Crippen molar-refractivity contribution in [2.75, 3.05) is 7.11 Å². The van der Waals surface area contributed by atoms with Crippen molar-refractivity contribution in [1.29, 1.82) is 0 Å². The van der Waals surface area contributed by atoms with E-state index in [0.717, 1.165) is 16.8 Å². The maximum absolute atomic E-state index is 5.02. The molecule has 2 aromatic rings.